The molecule has 1 N–H and O–H groups in total. The molecular formula is C10H12ClN2O6P. The topological polar surface area (TPSA) is 99.6 Å². The molecule has 5 atom stereocenters. The number of rotatable bonds is 1. The van der Waals surface area contributed by atoms with Crippen LogP contribution in [0.25, 0.3) is 0 Å². The molecule has 2 fully saturated rings. The number of hydrogen-bond donors (Lipinski definition) is 1. The Balaban J connectivity index is 2.00. The van der Waals surface area contributed by atoms with Gasteiger partial charge in [-0.2, -0.15) is 0 Å². The van der Waals surface area contributed by atoms with E-state index in [2.05, 4.69) is 4.98 Å². The predicted octanol–water partition coefficient (Wildman–Crippen LogP) is 0.237. The Hall–Kier alpha value is -0.920. The molecule has 2 saturated heterocycles. The van der Waals surface area contributed by atoms with E-state index >= 15 is 0 Å². The lowest BCUT2D eigenvalue weighted by atomic mass is 10.0. The number of aromatic nitrogens is 2. The van der Waals surface area contributed by atoms with E-state index in [1.54, 1.807) is 6.92 Å². The van der Waals surface area contributed by atoms with E-state index in [1.165, 1.54) is 16.8 Å². The van der Waals surface area contributed by atoms with Crippen LogP contribution >= 0.6 is 19.9 Å². The van der Waals surface area contributed by atoms with Gasteiger partial charge >= 0.3 is 13.9 Å². The summed E-state index contributed by atoms with van der Waals surface area (Å²) in [4.78, 5) is 23.9. The summed E-state index contributed by atoms with van der Waals surface area (Å²) in [5.74, 6) is 0. The number of aromatic amines is 1. The second kappa shape index (κ2) is 4.82. The highest BCUT2D eigenvalue weighted by Gasteiger charge is 2.57. The molecule has 2 aliphatic rings. The Labute approximate surface area is 118 Å². The van der Waals surface area contributed by atoms with Crippen molar-refractivity contribution in [1.82, 2.24) is 9.55 Å². The summed E-state index contributed by atoms with van der Waals surface area (Å²) >= 11 is 6.44. The Morgan fingerprint density at radius 3 is 3.00 bits per heavy atom. The second-order valence-electron chi connectivity index (χ2n) is 4.79. The monoisotopic (exact) mass is 322 g/mol. The fourth-order valence-corrected chi connectivity index (χ4v) is 3.82. The van der Waals surface area contributed by atoms with E-state index in [1.807, 2.05) is 0 Å². The minimum Gasteiger partial charge on any atom is -0.347 e. The molecule has 20 heavy (non-hydrogen) atoms. The van der Waals surface area contributed by atoms with Gasteiger partial charge in [-0.25, -0.2) is 4.79 Å². The Bertz CT molecular complexity index is 670. The van der Waals surface area contributed by atoms with Gasteiger partial charge in [0.25, 0.3) is 5.56 Å². The maximum absolute atomic E-state index is 11.8. The highest BCUT2D eigenvalue weighted by Crippen LogP contribution is 2.50. The lowest BCUT2D eigenvalue weighted by molar-refractivity contribution is -0.0551. The number of fused-ring (bicyclic) bond motifs is 1. The molecule has 1 aromatic heterocycles. The first-order valence-corrected chi connectivity index (χ1v) is 7.49. The van der Waals surface area contributed by atoms with Crippen molar-refractivity contribution in [3.8, 4) is 0 Å². The van der Waals surface area contributed by atoms with Gasteiger partial charge in [-0.3, -0.25) is 18.9 Å². The largest absolute Gasteiger partial charge is 0.347 e. The highest BCUT2D eigenvalue weighted by atomic mass is 35.5. The van der Waals surface area contributed by atoms with E-state index in [0.717, 1.165) is 0 Å². The molecule has 3 unspecified atom stereocenters. The van der Waals surface area contributed by atoms with Crippen LogP contribution in [0.3, 0.4) is 0 Å². The molecule has 110 valence electrons. The number of hydrogen-bond acceptors (Lipinski definition) is 6. The highest BCUT2D eigenvalue weighted by molar-refractivity contribution is 7.33. The third-order valence-corrected chi connectivity index (χ3v) is 4.62. The van der Waals surface area contributed by atoms with Crippen molar-refractivity contribution < 1.29 is 18.3 Å². The molecule has 1 aromatic rings. The van der Waals surface area contributed by atoms with Crippen LogP contribution in [-0.4, -0.2) is 33.2 Å². The first-order valence-electron chi connectivity index (χ1n) is 5.89. The van der Waals surface area contributed by atoms with E-state index in [9.17, 15) is 14.2 Å². The van der Waals surface area contributed by atoms with Crippen LogP contribution in [0.15, 0.2) is 21.9 Å². The van der Waals surface area contributed by atoms with Crippen LogP contribution in [0.4, 0.5) is 0 Å². The smallest absolute Gasteiger partial charge is 0.330 e. The Morgan fingerprint density at radius 1 is 1.55 bits per heavy atom. The molecule has 3 rings (SSSR count). The van der Waals surface area contributed by atoms with Crippen LogP contribution in [0, 0.1) is 0 Å². The van der Waals surface area contributed by atoms with Crippen molar-refractivity contribution in [2.75, 3.05) is 6.61 Å². The van der Waals surface area contributed by atoms with Gasteiger partial charge < -0.3 is 13.8 Å². The van der Waals surface area contributed by atoms with Gasteiger partial charge in [0.05, 0.1) is 6.61 Å². The lowest BCUT2D eigenvalue weighted by Gasteiger charge is -2.30. The molecule has 0 bridgehead atoms. The van der Waals surface area contributed by atoms with Crippen molar-refractivity contribution in [1.29, 1.82) is 0 Å². The number of alkyl halides is 1. The van der Waals surface area contributed by atoms with Crippen molar-refractivity contribution in [2.45, 2.75) is 30.2 Å². The zero-order valence-corrected chi connectivity index (χ0v) is 12.1. The molecule has 0 spiro atoms. The van der Waals surface area contributed by atoms with Crippen LogP contribution < -0.4 is 11.2 Å². The number of nitrogens with zero attached hydrogens (tertiary/aromatic N) is 1. The molecule has 0 aromatic carbocycles. The molecule has 8 nitrogen and oxygen atoms in total. The number of ether oxygens (including phenoxy) is 1. The molecule has 3 heterocycles. The number of nitrogens with one attached hydrogen (secondary N) is 1. The quantitative estimate of drug-likeness (QED) is 0.587. The zero-order chi connectivity index (χ0) is 14.5. The van der Waals surface area contributed by atoms with Crippen molar-refractivity contribution in [3.05, 3.63) is 33.1 Å². The maximum atomic E-state index is 11.8. The van der Waals surface area contributed by atoms with Gasteiger partial charge in [-0.15, -0.1) is 11.6 Å². The SMILES string of the molecule is C[C@@]1(Cl)C2O[PH](=O)OCC2O[C@H]1n1ccc(=O)[nH]c1=O. The van der Waals surface area contributed by atoms with Crippen molar-refractivity contribution in [2.24, 2.45) is 0 Å². The van der Waals surface area contributed by atoms with E-state index < -0.39 is 42.8 Å². The van der Waals surface area contributed by atoms with E-state index in [0.29, 0.717) is 0 Å². The fourth-order valence-electron chi connectivity index (χ4n) is 2.43. The number of halogens is 1. The molecule has 0 amide bonds. The predicted molar refractivity (Wildman–Crippen MR) is 69.3 cm³/mol. The molecule has 2 aliphatic heterocycles. The summed E-state index contributed by atoms with van der Waals surface area (Å²) < 4.78 is 28.3. The number of H-pyrrole nitrogens is 1. The second-order valence-corrected chi connectivity index (χ2v) is 6.63. The molecule has 0 saturated carbocycles. The third kappa shape index (κ3) is 2.17. The van der Waals surface area contributed by atoms with Crippen molar-refractivity contribution in [3.63, 3.8) is 0 Å². The van der Waals surface area contributed by atoms with Gasteiger partial charge in [-0.05, 0) is 6.92 Å². The minimum atomic E-state index is -2.60. The van der Waals surface area contributed by atoms with Gasteiger partial charge in [0.15, 0.2) is 6.23 Å². The summed E-state index contributed by atoms with van der Waals surface area (Å²) in [6, 6.07) is 1.19. The Kier molecular flexibility index (Phi) is 3.38. The van der Waals surface area contributed by atoms with Crippen LogP contribution in [0.1, 0.15) is 13.2 Å². The molecule has 10 heteroatoms. The average Bonchev–Trinajstić information content (AvgIpc) is 2.62. The van der Waals surface area contributed by atoms with Crippen molar-refractivity contribution >= 4 is 19.9 Å². The molecular weight excluding hydrogens is 311 g/mol. The minimum absolute atomic E-state index is 0.0827. The fraction of sp³-hybridized carbons (Fsp3) is 0.600. The standard InChI is InChI=1S/C10H12ClN2O6P/c1-10(11)7-5(4-17-20(16)19-7)18-8(10)13-3-2-6(14)12-9(13)15/h2-3,5,7-8,20H,4H2,1H3,(H,12,14,15)/t5?,7?,8-,10-/m1/s1. The first kappa shape index (κ1) is 14.0. The van der Waals surface area contributed by atoms with Crippen LogP contribution in [0.5, 0.6) is 0 Å². The summed E-state index contributed by atoms with van der Waals surface area (Å²) in [7, 11) is -2.60. The van der Waals surface area contributed by atoms with Gasteiger partial charge in [0, 0.05) is 12.3 Å². The van der Waals surface area contributed by atoms with Crippen LogP contribution in [-0.2, 0) is 18.3 Å². The molecule has 0 radical (unpaired) electrons. The first-order chi connectivity index (χ1) is 9.39. The summed E-state index contributed by atoms with van der Waals surface area (Å²) in [6.07, 6.45) is -0.745. The van der Waals surface area contributed by atoms with E-state index in [-0.39, 0.29) is 6.61 Å². The zero-order valence-electron chi connectivity index (χ0n) is 10.4. The van der Waals surface area contributed by atoms with Gasteiger partial charge in [-0.1, -0.05) is 0 Å². The summed E-state index contributed by atoms with van der Waals surface area (Å²) in [6.45, 7) is 1.71. The summed E-state index contributed by atoms with van der Waals surface area (Å²) in [5, 5.41) is 0. The maximum Gasteiger partial charge on any atom is 0.330 e. The van der Waals surface area contributed by atoms with Crippen LogP contribution in [0.2, 0.25) is 0 Å². The average molecular weight is 323 g/mol. The lowest BCUT2D eigenvalue weighted by Crippen LogP contribution is -2.44. The van der Waals surface area contributed by atoms with Gasteiger partial charge in [0.2, 0.25) is 0 Å². The van der Waals surface area contributed by atoms with E-state index in [4.69, 9.17) is 25.4 Å². The normalized spacial score (nSPS) is 40.5. The van der Waals surface area contributed by atoms with Gasteiger partial charge in [0.1, 0.15) is 17.1 Å². The summed E-state index contributed by atoms with van der Waals surface area (Å²) in [5.41, 5.74) is -1.15. The molecule has 0 aliphatic carbocycles. The third-order valence-electron chi connectivity index (χ3n) is 3.37. The Morgan fingerprint density at radius 2 is 2.30 bits per heavy atom.